The van der Waals surface area contributed by atoms with Gasteiger partial charge in [0, 0.05) is 37.6 Å². The number of carbonyl (C=O) groups excluding carboxylic acids is 1. The number of imidazole rings is 1. The van der Waals surface area contributed by atoms with Crippen molar-refractivity contribution < 1.29 is 9.53 Å². The van der Waals surface area contributed by atoms with Gasteiger partial charge in [-0.05, 0) is 18.9 Å². The van der Waals surface area contributed by atoms with Gasteiger partial charge in [-0.3, -0.25) is 4.79 Å². The highest BCUT2D eigenvalue weighted by Gasteiger charge is 2.26. The summed E-state index contributed by atoms with van der Waals surface area (Å²) in [6.45, 7) is 1.37. The Morgan fingerprint density at radius 1 is 1.39 bits per heavy atom. The molecule has 1 aliphatic rings. The number of hydrogen-bond acceptors (Lipinski definition) is 4. The van der Waals surface area contributed by atoms with Crippen LogP contribution in [0.3, 0.4) is 0 Å². The van der Waals surface area contributed by atoms with Crippen LogP contribution in [0.25, 0.3) is 0 Å². The number of hydrogen-bond donors (Lipinski definition) is 1. The summed E-state index contributed by atoms with van der Waals surface area (Å²) in [6, 6.07) is 3.56. The van der Waals surface area contributed by atoms with Crippen molar-refractivity contribution in [2.75, 3.05) is 25.9 Å². The van der Waals surface area contributed by atoms with E-state index >= 15 is 0 Å². The molecule has 0 bridgehead atoms. The van der Waals surface area contributed by atoms with Gasteiger partial charge in [0.25, 0.3) is 5.91 Å². The number of likely N-dealkylation sites (tertiary alicyclic amines) is 1. The summed E-state index contributed by atoms with van der Waals surface area (Å²) < 4.78 is 7.37. The standard InChI is InChI=1S/C16H19ClN4O2/c1-23-15-9-14(18)13(17)8-12(15)16(22)20-5-2-11(3-6-20)21-7-4-19-10-21/h4,7-11H,2-3,5-6,18H2,1H3. The second-order valence-electron chi connectivity index (χ2n) is 5.61. The number of methoxy groups -OCH3 is 1. The van der Waals surface area contributed by atoms with Gasteiger partial charge in [0.1, 0.15) is 5.75 Å². The van der Waals surface area contributed by atoms with Crippen LogP contribution in [-0.2, 0) is 0 Å². The summed E-state index contributed by atoms with van der Waals surface area (Å²) in [5.41, 5.74) is 6.62. The van der Waals surface area contributed by atoms with Crippen LogP contribution in [0.4, 0.5) is 5.69 Å². The first kappa shape index (κ1) is 15.7. The molecule has 3 rings (SSSR count). The molecule has 0 spiro atoms. The number of carbonyl (C=O) groups is 1. The zero-order valence-corrected chi connectivity index (χ0v) is 13.7. The lowest BCUT2D eigenvalue weighted by atomic mass is 10.0. The van der Waals surface area contributed by atoms with E-state index in [9.17, 15) is 4.79 Å². The Morgan fingerprint density at radius 3 is 2.74 bits per heavy atom. The first-order valence-electron chi connectivity index (χ1n) is 7.50. The zero-order valence-electron chi connectivity index (χ0n) is 12.9. The molecule has 2 heterocycles. The summed E-state index contributed by atoms with van der Waals surface area (Å²) in [5.74, 6) is 0.376. The molecule has 23 heavy (non-hydrogen) atoms. The van der Waals surface area contributed by atoms with Crippen molar-refractivity contribution in [3.8, 4) is 5.75 Å². The van der Waals surface area contributed by atoms with Crippen molar-refractivity contribution in [3.05, 3.63) is 41.4 Å². The summed E-state index contributed by atoms with van der Waals surface area (Å²) in [5, 5.41) is 0.363. The lowest BCUT2D eigenvalue weighted by Gasteiger charge is -2.33. The molecular formula is C16H19ClN4O2. The minimum absolute atomic E-state index is 0.0761. The Morgan fingerprint density at radius 2 is 2.13 bits per heavy atom. The Balaban J connectivity index is 1.74. The summed E-state index contributed by atoms with van der Waals surface area (Å²) in [4.78, 5) is 18.7. The van der Waals surface area contributed by atoms with Gasteiger partial charge in [-0.2, -0.15) is 0 Å². The molecule has 0 radical (unpaired) electrons. The van der Waals surface area contributed by atoms with Crippen LogP contribution in [0.1, 0.15) is 29.2 Å². The van der Waals surface area contributed by atoms with E-state index in [1.807, 2.05) is 17.4 Å². The van der Waals surface area contributed by atoms with Crippen LogP contribution in [0.15, 0.2) is 30.9 Å². The van der Waals surface area contributed by atoms with E-state index < -0.39 is 0 Å². The molecule has 0 unspecified atom stereocenters. The highest BCUT2D eigenvalue weighted by atomic mass is 35.5. The maximum atomic E-state index is 12.8. The molecule has 1 aromatic carbocycles. The molecule has 1 amide bonds. The fourth-order valence-electron chi connectivity index (χ4n) is 2.93. The Kier molecular flexibility index (Phi) is 4.43. The van der Waals surface area contributed by atoms with Gasteiger partial charge in [-0.1, -0.05) is 11.6 Å². The number of benzene rings is 1. The molecule has 7 heteroatoms. The van der Waals surface area contributed by atoms with Gasteiger partial charge in [0.15, 0.2) is 0 Å². The highest BCUT2D eigenvalue weighted by Crippen LogP contribution is 2.31. The summed E-state index contributed by atoms with van der Waals surface area (Å²) in [7, 11) is 1.52. The molecule has 0 atom stereocenters. The van der Waals surface area contributed by atoms with Gasteiger partial charge in [0.05, 0.1) is 29.7 Å². The Bertz CT molecular complexity index is 694. The smallest absolute Gasteiger partial charge is 0.257 e. The van der Waals surface area contributed by atoms with Gasteiger partial charge < -0.3 is 19.9 Å². The summed E-state index contributed by atoms with van der Waals surface area (Å²) >= 11 is 6.05. The molecular weight excluding hydrogens is 316 g/mol. The zero-order chi connectivity index (χ0) is 16.4. The number of amides is 1. The largest absolute Gasteiger partial charge is 0.496 e. The number of anilines is 1. The fraction of sp³-hybridized carbons (Fsp3) is 0.375. The molecule has 6 nitrogen and oxygen atoms in total. The van der Waals surface area contributed by atoms with Crippen molar-refractivity contribution in [2.24, 2.45) is 0 Å². The van der Waals surface area contributed by atoms with E-state index in [0.717, 1.165) is 12.8 Å². The topological polar surface area (TPSA) is 73.4 Å². The van der Waals surface area contributed by atoms with E-state index in [-0.39, 0.29) is 5.91 Å². The van der Waals surface area contributed by atoms with Crippen LogP contribution < -0.4 is 10.5 Å². The molecule has 1 saturated heterocycles. The number of rotatable bonds is 3. The average Bonchev–Trinajstić information content (AvgIpc) is 3.11. The first-order chi connectivity index (χ1) is 11.1. The van der Waals surface area contributed by atoms with E-state index in [2.05, 4.69) is 9.55 Å². The fourth-order valence-corrected chi connectivity index (χ4v) is 3.09. The van der Waals surface area contributed by atoms with Gasteiger partial charge in [0.2, 0.25) is 0 Å². The molecule has 2 aromatic rings. The molecule has 122 valence electrons. The molecule has 1 fully saturated rings. The van der Waals surface area contributed by atoms with E-state index in [0.29, 0.717) is 41.2 Å². The van der Waals surface area contributed by atoms with Crippen LogP contribution in [0.2, 0.25) is 5.02 Å². The third-order valence-electron chi connectivity index (χ3n) is 4.25. The monoisotopic (exact) mass is 334 g/mol. The van der Waals surface area contributed by atoms with Crippen LogP contribution in [0.5, 0.6) is 5.75 Å². The Hall–Kier alpha value is -2.21. The maximum Gasteiger partial charge on any atom is 0.257 e. The highest BCUT2D eigenvalue weighted by molar-refractivity contribution is 6.33. The average molecular weight is 335 g/mol. The Labute approximate surface area is 139 Å². The number of piperidine rings is 1. The first-order valence-corrected chi connectivity index (χ1v) is 7.87. The van der Waals surface area contributed by atoms with Crippen LogP contribution >= 0.6 is 11.6 Å². The third kappa shape index (κ3) is 3.12. The lowest BCUT2D eigenvalue weighted by Crippen LogP contribution is -2.39. The number of halogens is 1. The van der Waals surface area contributed by atoms with Gasteiger partial charge in [-0.15, -0.1) is 0 Å². The number of aromatic nitrogens is 2. The number of nitrogen functional groups attached to an aromatic ring is 1. The van der Waals surface area contributed by atoms with Crippen molar-refractivity contribution in [3.63, 3.8) is 0 Å². The molecule has 0 saturated carbocycles. The van der Waals surface area contributed by atoms with Crippen LogP contribution in [0, 0.1) is 0 Å². The van der Waals surface area contributed by atoms with Crippen molar-refractivity contribution in [2.45, 2.75) is 18.9 Å². The third-order valence-corrected chi connectivity index (χ3v) is 4.57. The second-order valence-corrected chi connectivity index (χ2v) is 6.01. The number of nitrogens with zero attached hydrogens (tertiary/aromatic N) is 3. The van der Waals surface area contributed by atoms with Crippen molar-refractivity contribution >= 4 is 23.2 Å². The van der Waals surface area contributed by atoms with E-state index in [1.165, 1.54) is 7.11 Å². The van der Waals surface area contributed by atoms with Gasteiger partial charge in [-0.25, -0.2) is 4.98 Å². The van der Waals surface area contributed by atoms with Crippen molar-refractivity contribution in [1.29, 1.82) is 0 Å². The maximum absolute atomic E-state index is 12.8. The minimum atomic E-state index is -0.0761. The number of nitrogens with two attached hydrogens (primary N) is 1. The molecule has 1 aromatic heterocycles. The van der Waals surface area contributed by atoms with Crippen LogP contribution in [-0.4, -0.2) is 40.6 Å². The van der Waals surface area contributed by atoms with Crippen molar-refractivity contribution in [1.82, 2.24) is 14.5 Å². The van der Waals surface area contributed by atoms with E-state index in [1.54, 1.807) is 18.3 Å². The molecule has 0 aliphatic carbocycles. The molecule has 1 aliphatic heterocycles. The lowest BCUT2D eigenvalue weighted by molar-refractivity contribution is 0.0691. The van der Waals surface area contributed by atoms with Gasteiger partial charge >= 0.3 is 0 Å². The quantitative estimate of drug-likeness (QED) is 0.876. The minimum Gasteiger partial charge on any atom is -0.496 e. The second kappa shape index (κ2) is 6.50. The number of ether oxygens (including phenoxy) is 1. The van der Waals surface area contributed by atoms with E-state index in [4.69, 9.17) is 22.1 Å². The predicted octanol–water partition coefficient (Wildman–Crippen LogP) is 2.60. The molecule has 2 N–H and O–H groups in total. The normalized spacial score (nSPS) is 15.7. The predicted molar refractivity (Wildman–Crippen MR) is 88.8 cm³/mol. The summed E-state index contributed by atoms with van der Waals surface area (Å²) in [6.07, 6.45) is 7.36. The SMILES string of the molecule is COc1cc(N)c(Cl)cc1C(=O)N1CCC(n2ccnc2)CC1.